The number of halogens is 3. The summed E-state index contributed by atoms with van der Waals surface area (Å²) >= 11 is 0. The first-order valence-electron chi connectivity index (χ1n) is 9.14. The van der Waals surface area contributed by atoms with Gasteiger partial charge in [-0.3, -0.25) is 4.79 Å². The largest absolute Gasteiger partial charge is 0.573 e. The maximum Gasteiger partial charge on any atom is 0.573 e. The van der Waals surface area contributed by atoms with Crippen molar-refractivity contribution >= 4 is 5.91 Å². The molecular formula is C19H23F3N2O3. The van der Waals surface area contributed by atoms with Gasteiger partial charge in [0, 0.05) is 30.5 Å². The van der Waals surface area contributed by atoms with Crippen molar-refractivity contribution in [1.29, 1.82) is 0 Å². The van der Waals surface area contributed by atoms with E-state index in [1.165, 1.54) is 18.2 Å². The van der Waals surface area contributed by atoms with E-state index in [1.54, 1.807) is 4.90 Å². The van der Waals surface area contributed by atoms with Crippen LogP contribution in [-0.4, -0.2) is 67.5 Å². The molecule has 0 unspecified atom stereocenters. The number of alkyl halides is 3. The van der Waals surface area contributed by atoms with Crippen LogP contribution in [0.15, 0.2) is 24.3 Å². The number of fused-ring (bicyclic) bond motifs is 1. The SMILES string of the molecule is CN(C)C[C@H]1[C@H]2CN(C(=O)c3cccc(OC(F)(F)F)c3)C[C@]23CC[C@H]1O3. The summed E-state index contributed by atoms with van der Waals surface area (Å²) in [6.45, 7) is 1.99. The van der Waals surface area contributed by atoms with E-state index in [9.17, 15) is 18.0 Å². The molecule has 0 N–H and O–H groups in total. The monoisotopic (exact) mass is 384 g/mol. The first-order chi connectivity index (χ1) is 12.7. The molecule has 1 amide bonds. The molecular weight excluding hydrogens is 361 g/mol. The molecule has 27 heavy (non-hydrogen) atoms. The number of amides is 1. The summed E-state index contributed by atoms with van der Waals surface area (Å²) in [6, 6.07) is 5.27. The van der Waals surface area contributed by atoms with Crippen molar-refractivity contribution < 1.29 is 27.4 Å². The van der Waals surface area contributed by atoms with Gasteiger partial charge >= 0.3 is 6.36 Å². The lowest BCUT2D eigenvalue weighted by Gasteiger charge is -2.30. The molecule has 4 rings (SSSR count). The Morgan fingerprint density at radius 2 is 2.19 bits per heavy atom. The molecule has 1 aromatic carbocycles. The molecule has 3 aliphatic heterocycles. The normalized spacial score (nSPS) is 32.2. The van der Waals surface area contributed by atoms with E-state index < -0.39 is 6.36 Å². The molecule has 0 saturated carbocycles. The number of nitrogens with zero attached hydrogens (tertiary/aromatic N) is 2. The summed E-state index contributed by atoms with van der Waals surface area (Å²) in [5, 5.41) is 0. The van der Waals surface area contributed by atoms with Crippen molar-refractivity contribution in [3.05, 3.63) is 29.8 Å². The van der Waals surface area contributed by atoms with Crippen molar-refractivity contribution in [2.24, 2.45) is 11.8 Å². The van der Waals surface area contributed by atoms with Crippen molar-refractivity contribution in [3.63, 3.8) is 0 Å². The number of ether oxygens (including phenoxy) is 2. The summed E-state index contributed by atoms with van der Waals surface area (Å²) in [4.78, 5) is 16.8. The fourth-order valence-electron chi connectivity index (χ4n) is 5.02. The van der Waals surface area contributed by atoms with Gasteiger partial charge in [0.1, 0.15) is 5.75 Å². The Hall–Kier alpha value is -1.80. The lowest BCUT2D eigenvalue weighted by Crippen LogP contribution is -2.40. The lowest BCUT2D eigenvalue weighted by atomic mass is 9.73. The highest BCUT2D eigenvalue weighted by molar-refractivity contribution is 5.95. The number of hydrogen-bond donors (Lipinski definition) is 0. The van der Waals surface area contributed by atoms with E-state index in [1.807, 2.05) is 14.1 Å². The summed E-state index contributed by atoms with van der Waals surface area (Å²) in [5.74, 6) is -0.000670. The van der Waals surface area contributed by atoms with Crippen LogP contribution in [0.25, 0.3) is 0 Å². The summed E-state index contributed by atoms with van der Waals surface area (Å²) in [6.07, 6.45) is -2.59. The van der Waals surface area contributed by atoms with Crippen molar-refractivity contribution in [2.75, 3.05) is 33.7 Å². The van der Waals surface area contributed by atoms with Gasteiger partial charge in [-0.05, 0) is 45.1 Å². The molecule has 3 aliphatic rings. The molecule has 3 saturated heterocycles. The molecule has 5 nitrogen and oxygen atoms in total. The maximum atomic E-state index is 12.9. The molecule has 3 heterocycles. The van der Waals surface area contributed by atoms with Crippen LogP contribution in [0.1, 0.15) is 23.2 Å². The van der Waals surface area contributed by atoms with E-state index >= 15 is 0 Å². The minimum Gasteiger partial charge on any atom is -0.406 e. The van der Waals surface area contributed by atoms with Gasteiger partial charge in [0.2, 0.25) is 0 Å². The van der Waals surface area contributed by atoms with Crippen LogP contribution in [0.4, 0.5) is 13.2 Å². The van der Waals surface area contributed by atoms with Crippen LogP contribution < -0.4 is 4.74 Å². The molecule has 1 aromatic rings. The van der Waals surface area contributed by atoms with Crippen molar-refractivity contribution in [1.82, 2.24) is 9.80 Å². The second kappa shape index (κ2) is 6.38. The zero-order valence-corrected chi connectivity index (χ0v) is 15.3. The van der Waals surface area contributed by atoms with Crippen LogP contribution in [0, 0.1) is 11.8 Å². The second-order valence-electron chi connectivity index (χ2n) is 8.05. The number of rotatable bonds is 4. The highest BCUT2D eigenvalue weighted by atomic mass is 19.4. The predicted octanol–water partition coefficient (Wildman–Crippen LogP) is 2.77. The van der Waals surface area contributed by atoms with Crippen LogP contribution in [0.3, 0.4) is 0 Å². The molecule has 3 fully saturated rings. The third kappa shape index (κ3) is 3.40. The van der Waals surface area contributed by atoms with Gasteiger partial charge in [-0.15, -0.1) is 13.2 Å². The molecule has 2 bridgehead atoms. The van der Waals surface area contributed by atoms with Crippen LogP contribution in [-0.2, 0) is 4.74 Å². The minimum absolute atomic E-state index is 0.201. The molecule has 8 heteroatoms. The minimum atomic E-state index is -4.78. The van der Waals surface area contributed by atoms with Gasteiger partial charge in [0.25, 0.3) is 5.91 Å². The topological polar surface area (TPSA) is 42.0 Å². The Balaban J connectivity index is 1.51. The Bertz CT molecular complexity index is 739. The van der Waals surface area contributed by atoms with E-state index in [0.29, 0.717) is 19.0 Å². The van der Waals surface area contributed by atoms with Crippen LogP contribution in [0.2, 0.25) is 0 Å². The van der Waals surface area contributed by atoms with Gasteiger partial charge in [0.15, 0.2) is 0 Å². The Labute approximate surface area is 156 Å². The molecule has 1 spiro atoms. The fourth-order valence-corrected chi connectivity index (χ4v) is 5.02. The molecule has 4 atom stereocenters. The Morgan fingerprint density at radius 3 is 2.89 bits per heavy atom. The van der Waals surface area contributed by atoms with Crippen LogP contribution in [0.5, 0.6) is 5.75 Å². The van der Waals surface area contributed by atoms with Gasteiger partial charge in [-0.2, -0.15) is 0 Å². The van der Waals surface area contributed by atoms with E-state index in [2.05, 4.69) is 9.64 Å². The number of carbonyl (C=O) groups excluding carboxylic acids is 1. The van der Waals surface area contributed by atoms with E-state index in [4.69, 9.17) is 4.74 Å². The van der Waals surface area contributed by atoms with Gasteiger partial charge in [0.05, 0.1) is 18.2 Å². The average molecular weight is 384 g/mol. The zero-order valence-electron chi connectivity index (χ0n) is 15.3. The van der Waals surface area contributed by atoms with Crippen molar-refractivity contribution in [2.45, 2.75) is 30.9 Å². The van der Waals surface area contributed by atoms with E-state index in [0.717, 1.165) is 25.5 Å². The summed E-state index contributed by atoms with van der Waals surface area (Å²) < 4.78 is 47.6. The second-order valence-corrected chi connectivity index (χ2v) is 8.05. The smallest absolute Gasteiger partial charge is 0.406 e. The quantitative estimate of drug-likeness (QED) is 0.801. The first kappa shape index (κ1) is 18.6. The number of carbonyl (C=O) groups is 1. The first-order valence-corrected chi connectivity index (χ1v) is 9.14. The third-order valence-electron chi connectivity index (χ3n) is 5.96. The number of likely N-dealkylation sites (tertiary alicyclic amines) is 1. The standard InChI is InChI=1S/C19H23F3N2O3/c1-23(2)9-14-15-10-24(11-18(15)7-6-16(14)27-18)17(25)12-4-3-5-13(8-12)26-19(20,21)22/h3-5,8,14-16H,6-7,9-11H2,1-2H3/t14-,15+,16+,18+/m0/s1. The van der Waals surface area contributed by atoms with E-state index in [-0.39, 0.29) is 34.8 Å². The molecule has 0 aromatic heterocycles. The van der Waals surface area contributed by atoms with Crippen LogP contribution >= 0.6 is 0 Å². The molecule has 0 radical (unpaired) electrons. The zero-order chi connectivity index (χ0) is 19.4. The average Bonchev–Trinajstić information content (AvgIpc) is 3.22. The maximum absolute atomic E-state index is 12.9. The lowest BCUT2D eigenvalue weighted by molar-refractivity contribution is -0.274. The van der Waals surface area contributed by atoms with Crippen molar-refractivity contribution in [3.8, 4) is 5.75 Å². The van der Waals surface area contributed by atoms with Gasteiger partial charge in [-0.1, -0.05) is 6.07 Å². The fraction of sp³-hybridized carbons (Fsp3) is 0.632. The number of benzene rings is 1. The highest BCUT2D eigenvalue weighted by Gasteiger charge is 2.63. The molecule has 148 valence electrons. The number of hydrogen-bond acceptors (Lipinski definition) is 4. The summed E-state index contributed by atoms with van der Waals surface area (Å²) in [5.41, 5.74) is -0.0898. The van der Waals surface area contributed by atoms with Gasteiger partial charge in [-0.25, -0.2) is 0 Å². The Kier molecular flexibility index (Phi) is 4.38. The molecule has 0 aliphatic carbocycles. The predicted molar refractivity (Wildman–Crippen MR) is 91.4 cm³/mol. The van der Waals surface area contributed by atoms with Gasteiger partial charge < -0.3 is 19.3 Å². The highest BCUT2D eigenvalue weighted by Crippen LogP contribution is 2.55. The third-order valence-corrected chi connectivity index (χ3v) is 5.96. The Morgan fingerprint density at radius 1 is 1.41 bits per heavy atom. The summed E-state index contributed by atoms with van der Waals surface area (Å²) in [7, 11) is 4.06.